The van der Waals surface area contributed by atoms with Crippen molar-refractivity contribution in [2.75, 3.05) is 0 Å². The van der Waals surface area contributed by atoms with Crippen molar-refractivity contribution in [3.63, 3.8) is 0 Å². The molecule has 0 aliphatic heterocycles. The van der Waals surface area contributed by atoms with Crippen molar-refractivity contribution in [1.82, 2.24) is 14.3 Å². The van der Waals surface area contributed by atoms with Crippen LogP contribution in [0.15, 0.2) is 47.4 Å². The van der Waals surface area contributed by atoms with Gasteiger partial charge < -0.3 is 9.30 Å². The van der Waals surface area contributed by atoms with Gasteiger partial charge >= 0.3 is 0 Å². The first-order valence-corrected chi connectivity index (χ1v) is 6.91. The van der Waals surface area contributed by atoms with Gasteiger partial charge in [-0.05, 0) is 12.1 Å². The van der Waals surface area contributed by atoms with Gasteiger partial charge in [0.1, 0.15) is 5.75 Å². The molecule has 0 aliphatic rings. The van der Waals surface area contributed by atoms with Crippen molar-refractivity contribution in [3.8, 4) is 11.5 Å². The van der Waals surface area contributed by atoms with E-state index >= 15 is 0 Å². The molecule has 0 saturated carbocycles. The van der Waals surface area contributed by atoms with Gasteiger partial charge in [-0.3, -0.25) is 9.48 Å². The summed E-state index contributed by atoms with van der Waals surface area (Å²) in [5, 5.41) is 4.15. The first-order valence-electron chi connectivity index (χ1n) is 6.91. The van der Waals surface area contributed by atoms with Gasteiger partial charge in [0, 0.05) is 20.2 Å². The third-order valence-corrected chi connectivity index (χ3v) is 3.08. The van der Waals surface area contributed by atoms with E-state index in [1.807, 2.05) is 51.2 Å². The Kier molecular flexibility index (Phi) is 4.42. The van der Waals surface area contributed by atoms with Crippen LogP contribution in [0.2, 0.25) is 0 Å². The molecule has 3 aromatic rings. The Morgan fingerprint density at radius 2 is 1.71 bits per heavy atom. The molecule has 0 radical (unpaired) electrons. The Morgan fingerprint density at radius 3 is 2.38 bits per heavy atom. The van der Waals surface area contributed by atoms with Gasteiger partial charge in [0.05, 0.1) is 17.2 Å². The molecular weight excluding hydrogens is 266 g/mol. The zero-order valence-corrected chi connectivity index (χ0v) is 12.7. The number of fused-ring (bicyclic) bond motifs is 1. The van der Waals surface area contributed by atoms with Gasteiger partial charge in [-0.15, -0.1) is 0 Å². The number of aryl methyl sites for hydroxylation is 2. The van der Waals surface area contributed by atoms with E-state index in [1.54, 1.807) is 28.6 Å². The second kappa shape index (κ2) is 6.26. The monoisotopic (exact) mass is 285 g/mol. The van der Waals surface area contributed by atoms with Crippen LogP contribution in [0.25, 0.3) is 11.0 Å². The number of aromatic nitrogens is 3. The van der Waals surface area contributed by atoms with Crippen LogP contribution >= 0.6 is 0 Å². The van der Waals surface area contributed by atoms with Crippen LogP contribution in [0.4, 0.5) is 0 Å². The standard InChI is InChI=1S/C14H13N3O2.C2H6/c1-16-12-9-15-17(2)11(12)8-13(14(16)18)19-10-6-4-3-5-7-10;1-2/h3-9H,1-2H3;1-2H3. The predicted molar refractivity (Wildman–Crippen MR) is 83.8 cm³/mol. The minimum atomic E-state index is -0.177. The zero-order chi connectivity index (χ0) is 15.4. The van der Waals surface area contributed by atoms with Gasteiger partial charge in [0.15, 0.2) is 5.75 Å². The molecule has 0 spiro atoms. The SMILES string of the molecule is CC.Cn1ncc2c1cc(Oc1ccccc1)c(=O)n2C. The quantitative estimate of drug-likeness (QED) is 0.727. The lowest BCUT2D eigenvalue weighted by Crippen LogP contribution is -2.18. The number of para-hydroxylation sites is 1. The number of rotatable bonds is 2. The summed E-state index contributed by atoms with van der Waals surface area (Å²) in [7, 11) is 3.54. The molecule has 0 unspecified atom stereocenters. The number of pyridine rings is 1. The van der Waals surface area contributed by atoms with Crippen molar-refractivity contribution in [1.29, 1.82) is 0 Å². The van der Waals surface area contributed by atoms with Gasteiger partial charge in [0.2, 0.25) is 0 Å². The molecule has 0 bridgehead atoms. The highest BCUT2D eigenvalue weighted by molar-refractivity contribution is 5.76. The van der Waals surface area contributed by atoms with Crippen LogP contribution < -0.4 is 10.3 Å². The molecule has 5 nitrogen and oxygen atoms in total. The third-order valence-electron chi connectivity index (χ3n) is 3.08. The molecule has 2 aromatic heterocycles. The molecule has 5 heteroatoms. The second-order valence-electron chi connectivity index (χ2n) is 4.33. The lowest BCUT2D eigenvalue weighted by molar-refractivity contribution is 0.471. The topological polar surface area (TPSA) is 49.1 Å². The van der Waals surface area contributed by atoms with Gasteiger partial charge in [-0.2, -0.15) is 5.10 Å². The van der Waals surface area contributed by atoms with E-state index in [1.165, 1.54) is 0 Å². The van der Waals surface area contributed by atoms with E-state index in [4.69, 9.17) is 4.74 Å². The molecule has 0 aliphatic carbocycles. The summed E-state index contributed by atoms with van der Waals surface area (Å²) in [6, 6.07) is 11.0. The van der Waals surface area contributed by atoms with Gasteiger partial charge in [-0.25, -0.2) is 0 Å². The molecule has 2 heterocycles. The molecular formula is C16H19N3O2. The maximum absolute atomic E-state index is 12.2. The number of hydrogen-bond donors (Lipinski definition) is 0. The van der Waals surface area contributed by atoms with Crippen LogP contribution in [-0.4, -0.2) is 14.3 Å². The van der Waals surface area contributed by atoms with Crippen LogP contribution in [-0.2, 0) is 14.1 Å². The summed E-state index contributed by atoms with van der Waals surface area (Å²) < 4.78 is 8.91. The lowest BCUT2D eigenvalue weighted by atomic mass is 10.3. The van der Waals surface area contributed by atoms with Crippen molar-refractivity contribution < 1.29 is 4.74 Å². The Bertz CT molecular complexity index is 788. The molecule has 0 fully saturated rings. The molecule has 0 saturated heterocycles. The number of ether oxygens (including phenoxy) is 1. The summed E-state index contributed by atoms with van der Waals surface area (Å²) in [4.78, 5) is 12.2. The highest BCUT2D eigenvalue weighted by Crippen LogP contribution is 2.21. The Morgan fingerprint density at radius 1 is 1.05 bits per heavy atom. The van der Waals surface area contributed by atoms with Crippen LogP contribution in [0.3, 0.4) is 0 Å². The van der Waals surface area contributed by atoms with E-state index in [2.05, 4.69) is 5.10 Å². The number of hydrogen-bond acceptors (Lipinski definition) is 3. The molecule has 21 heavy (non-hydrogen) atoms. The normalized spacial score (nSPS) is 10.1. The summed E-state index contributed by atoms with van der Waals surface area (Å²) in [5.74, 6) is 0.936. The minimum absolute atomic E-state index is 0.177. The molecule has 0 N–H and O–H groups in total. The second-order valence-corrected chi connectivity index (χ2v) is 4.33. The van der Waals surface area contributed by atoms with Crippen LogP contribution in [0.1, 0.15) is 13.8 Å². The van der Waals surface area contributed by atoms with Crippen molar-refractivity contribution >= 4 is 11.0 Å². The molecule has 1 aromatic carbocycles. The van der Waals surface area contributed by atoms with E-state index < -0.39 is 0 Å². The van der Waals surface area contributed by atoms with Crippen molar-refractivity contribution in [3.05, 3.63) is 52.9 Å². The number of benzene rings is 1. The van der Waals surface area contributed by atoms with Gasteiger partial charge in [-0.1, -0.05) is 32.0 Å². The fourth-order valence-electron chi connectivity index (χ4n) is 2.01. The van der Waals surface area contributed by atoms with E-state index in [0.717, 1.165) is 11.0 Å². The number of nitrogens with zero attached hydrogens (tertiary/aromatic N) is 3. The first-order chi connectivity index (χ1) is 10.2. The predicted octanol–water partition coefficient (Wildman–Crippen LogP) is 3.09. The highest BCUT2D eigenvalue weighted by Gasteiger charge is 2.11. The van der Waals surface area contributed by atoms with E-state index in [-0.39, 0.29) is 5.56 Å². The maximum atomic E-state index is 12.2. The smallest absolute Gasteiger partial charge is 0.293 e. The Balaban J connectivity index is 0.000000774. The van der Waals surface area contributed by atoms with Gasteiger partial charge in [0.25, 0.3) is 5.56 Å². The fraction of sp³-hybridized carbons (Fsp3) is 0.250. The zero-order valence-electron chi connectivity index (χ0n) is 12.7. The molecule has 3 rings (SSSR count). The highest BCUT2D eigenvalue weighted by atomic mass is 16.5. The summed E-state index contributed by atoms with van der Waals surface area (Å²) in [6.45, 7) is 4.00. The largest absolute Gasteiger partial charge is 0.451 e. The third kappa shape index (κ3) is 2.81. The minimum Gasteiger partial charge on any atom is -0.451 e. The average molecular weight is 285 g/mol. The van der Waals surface area contributed by atoms with Crippen molar-refractivity contribution in [2.45, 2.75) is 13.8 Å². The lowest BCUT2D eigenvalue weighted by Gasteiger charge is -2.08. The maximum Gasteiger partial charge on any atom is 0.293 e. The average Bonchev–Trinajstić information content (AvgIpc) is 2.89. The summed E-state index contributed by atoms with van der Waals surface area (Å²) >= 11 is 0. The van der Waals surface area contributed by atoms with Crippen LogP contribution in [0, 0.1) is 0 Å². The fourth-order valence-corrected chi connectivity index (χ4v) is 2.01. The van der Waals surface area contributed by atoms with Crippen LogP contribution in [0.5, 0.6) is 11.5 Å². The van der Waals surface area contributed by atoms with Crippen molar-refractivity contribution in [2.24, 2.45) is 14.1 Å². The molecule has 0 amide bonds. The van der Waals surface area contributed by atoms with E-state index in [9.17, 15) is 4.79 Å². The van der Waals surface area contributed by atoms with E-state index in [0.29, 0.717) is 11.5 Å². The summed E-state index contributed by atoms with van der Waals surface area (Å²) in [6.07, 6.45) is 1.67. The molecule has 0 atom stereocenters. The molecule has 110 valence electrons. The summed E-state index contributed by atoms with van der Waals surface area (Å²) in [5.41, 5.74) is 1.46. The Hall–Kier alpha value is -2.56. The Labute approximate surface area is 123 Å². The first kappa shape index (κ1) is 14.8.